The normalized spacial score (nSPS) is 11.7. The monoisotopic (exact) mass is 360 g/mol. The SMILES string of the molecule is Cc1ccc([C@H](NC(=S)Nc2cc(C)cc(C)c2)c2ccccc2)cc1. The fourth-order valence-electron chi connectivity index (χ4n) is 3.11. The van der Waals surface area contributed by atoms with Crippen LogP contribution < -0.4 is 10.6 Å². The summed E-state index contributed by atoms with van der Waals surface area (Å²) in [4.78, 5) is 0. The zero-order valence-corrected chi connectivity index (χ0v) is 16.2. The molecule has 0 radical (unpaired) electrons. The summed E-state index contributed by atoms with van der Waals surface area (Å²) >= 11 is 5.60. The first-order valence-electron chi connectivity index (χ1n) is 8.78. The van der Waals surface area contributed by atoms with Crippen LogP contribution in [0.2, 0.25) is 0 Å². The molecule has 0 heterocycles. The molecule has 0 unspecified atom stereocenters. The van der Waals surface area contributed by atoms with Crippen LogP contribution in [0.1, 0.15) is 33.9 Å². The summed E-state index contributed by atoms with van der Waals surface area (Å²) < 4.78 is 0. The maximum Gasteiger partial charge on any atom is 0.171 e. The Hall–Kier alpha value is -2.65. The predicted molar refractivity (Wildman–Crippen MR) is 115 cm³/mol. The van der Waals surface area contributed by atoms with Crippen LogP contribution in [0.5, 0.6) is 0 Å². The molecule has 0 spiro atoms. The zero-order chi connectivity index (χ0) is 18.5. The van der Waals surface area contributed by atoms with Crippen molar-refractivity contribution in [1.29, 1.82) is 0 Å². The van der Waals surface area contributed by atoms with Crippen LogP contribution in [-0.4, -0.2) is 5.11 Å². The molecule has 3 aromatic rings. The third-order valence-electron chi connectivity index (χ3n) is 4.30. The van der Waals surface area contributed by atoms with Gasteiger partial charge in [0, 0.05) is 5.69 Å². The Morgan fingerprint density at radius 1 is 0.731 bits per heavy atom. The second-order valence-corrected chi connectivity index (χ2v) is 7.14. The lowest BCUT2D eigenvalue weighted by atomic mass is 9.98. The molecule has 3 heteroatoms. The summed E-state index contributed by atoms with van der Waals surface area (Å²) in [5.41, 5.74) is 7.06. The molecule has 2 N–H and O–H groups in total. The smallest absolute Gasteiger partial charge is 0.171 e. The van der Waals surface area contributed by atoms with Crippen LogP contribution in [0.3, 0.4) is 0 Å². The number of nitrogens with one attached hydrogen (secondary N) is 2. The molecule has 3 aromatic carbocycles. The lowest BCUT2D eigenvalue weighted by molar-refractivity contribution is 0.768. The van der Waals surface area contributed by atoms with Crippen molar-refractivity contribution in [2.75, 3.05) is 5.32 Å². The highest BCUT2D eigenvalue weighted by atomic mass is 32.1. The lowest BCUT2D eigenvalue weighted by Gasteiger charge is -2.22. The van der Waals surface area contributed by atoms with E-state index in [0.29, 0.717) is 5.11 Å². The van der Waals surface area contributed by atoms with Gasteiger partial charge in [-0.2, -0.15) is 0 Å². The van der Waals surface area contributed by atoms with Gasteiger partial charge in [-0.05, 0) is 67.4 Å². The van der Waals surface area contributed by atoms with Crippen molar-refractivity contribution >= 4 is 23.0 Å². The Kier molecular flexibility index (Phi) is 5.69. The van der Waals surface area contributed by atoms with E-state index in [-0.39, 0.29) is 6.04 Å². The van der Waals surface area contributed by atoms with Gasteiger partial charge in [-0.3, -0.25) is 0 Å². The van der Waals surface area contributed by atoms with Gasteiger partial charge in [0.2, 0.25) is 0 Å². The Balaban J connectivity index is 1.83. The van der Waals surface area contributed by atoms with Gasteiger partial charge < -0.3 is 10.6 Å². The van der Waals surface area contributed by atoms with Gasteiger partial charge in [0.1, 0.15) is 0 Å². The quantitative estimate of drug-likeness (QED) is 0.585. The van der Waals surface area contributed by atoms with Crippen molar-refractivity contribution in [2.24, 2.45) is 0 Å². The van der Waals surface area contributed by atoms with Gasteiger partial charge in [0.25, 0.3) is 0 Å². The fourth-order valence-corrected chi connectivity index (χ4v) is 3.34. The van der Waals surface area contributed by atoms with Gasteiger partial charge >= 0.3 is 0 Å². The third kappa shape index (κ3) is 4.70. The highest BCUT2D eigenvalue weighted by Gasteiger charge is 2.15. The number of anilines is 1. The van der Waals surface area contributed by atoms with Crippen molar-refractivity contribution in [2.45, 2.75) is 26.8 Å². The van der Waals surface area contributed by atoms with Gasteiger partial charge in [-0.25, -0.2) is 0 Å². The largest absolute Gasteiger partial charge is 0.352 e. The van der Waals surface area contributed by atoms with Crippen LogP contribution in [0.25, 0.3) is 0 Å². The Bertz CT molecular complexity index is 866. The number of hydrogen-bond donors (Lipinski definition) is 2. The number of thiocarbonyl (C=S) groups is 1. The van der Waals surface area contributed by atoms with E-state index in [2.05, 4.69) is 98.1 Å². The van der Waals surface area contributed by atoms with Crippen LogP contribution >= 0.6 is 12.2 Å². The van der Waals surface area contributed by atoms with Crippen LogP contribution in [0, 0.1) is 20.8 Å². The summed E-state index contributed by atoms with van der Waals surface area (Å²) in [6.45, 7) is 6.28. The molecule has 26 heavy (non-hydrogen) atoms. The lowest BCUT2D eigenvalue weighted by Crippen LogP contribution is -2.33. The molecule has 0 saturated heterocycles. The first kappa shape index (κ1) is 18.2. The molecule has 2 nitrogen and oxygen atoms in total. The van der Waals surface area contributed by atoms with E-state index in [0.717, 1.165) is 5.69 Å². The minimum atomic E-state index is 0.00251. The molecular formula is C23H24N2S. The minimum absolute atomic E-state index is 0.00251. The van der Waals surface area contributed by atoms with E-state index in [9.17, 15) is 0 Å². The molecule has 0 amide bonds. The number of rotatable bonds is 4. The molecule has 132 valence electrons. The molecule has 3 rings (SSSR count). The second-order valence-electron chi connectivity index (χ2n) is 6.73. The average Bonchev–Trinajstić information content (AvgIpc) is 2.60. The summed E-state index contributed by atoms with van der Waals surface area (Å²) in [6, 6.07) is 25.3. The minimum Gasteiger partial charge on any atom is -0.352 e. The summed E-state index contributed by atoms with van der Waals surface area (Å²) in [5, 5.41) is 7.42. The van der Waals surface area contributed by atoms with Crippen molar-refractivity contribution in [3.05, 3.63) is 101 Å². The maximum absolute atomic E-state index is 5.60. The molecule has 1 atom stereocenters. The second kappa shape index (κ2) is 8.15. The summed E-state index contributed by atoms with van der Waals surface area (Å²) in [5.74, 6) is 0. The van der Waals surface area contributed by atoms with Gasteiger partial charge in [-0.15, -0.1) is 0 Å². The van der Waals surface area contributed by atoms with Crippen molar-refractivity contribution in [1.82, 2.24) is 5.32 Å². The Morgan fingerprint density at radius 2 is 1.31 bits per heavy atom. The third-order valence-corrected chi connectivity index (χ3v) is 4.52. The Morgan fingerprint density at radius 3 is 1.92 bits per heavy atom. The van der Waals surface area contributed by atoms with E-state index < -0.39 is 0 Å². The van der Waals surface area contributed by atoms with Crippen LogP contribution in [0.15, 0.2) is 72.8 Å². The van der Waals surface area contributed by atoms with Crippen LogP contribution in [0.4, 0.5) is 5.69 Å². The first-order valence-corrected chi connectivity index (χ1v) is 9.19. The number of benzene rings is 3. The first-order chi connectivity index (χ1) is 12.5. The highest BCUT2D eigenvalue weighted by Crippen LogP contribution is 2.23. The number of hydrogen-bond acceptors (Lipinski definition) is 1. The van der Waals surface area contributed by atoms with Crippen LogP contribution in [-0.2, 0) is 0 Å². The molecule has 0 aliphatic heterocycles. The van der Waals surface area contributed by atoms with Gasteiger partial charge in [0.15, 0.2) is 5.11 Å². The van der Waals surface area contributed by atoms with E-state index in [1.807, 2.05) is 6.07 Å². The summed E-state index contributed by atoms with van der Waals surface area (Å²) in [6.07, 6.45) is 0. The fraction of sp³-hybridized carbons (Fsp3) is 0.174. The highest BCUT2D eigenvalue weighted by molar-refractivity contribution is 7.80. The zero-order valence-electron chi connectivity index (χ0n) is 15.4. The Labute approximate surface area is 161 Å². The molecular weight excluding hydrogens is 336 g/mol. The van der Waals surface area contributed by atoms with Gasteiger partial charge in [0.05, 0.1) is 6.04 Å². The standard InChI is InChI=1S/C23H24N2S/c1-16-9-11-20(12-10-16)22(19-7-5-4-6-8-19)25-23(26)24-21-14-17(2)13-18(3)15-21/h4-15,22H,1-3H3,(H2,24,25,26)/t22-/m1/s1. The van der Waals surface area contributed by atoms with E-state index >= 15 is 0 Å². The molecule has 0 aromatic heterocycles. The molecule has 0 aliphatic carbocycles. The van der Waals surface area contributed by atoms with Gasteiger partial charge in [-0.1, -0.05) is 66.2 Å². The van der Waals surface area contributed by atoms with E-state index in [4.69, 9.17) is 12.2 Å². The van der Waals surface area contributed by atoms with E-state index in [1.165, 1.54) is 27.8 Å². The van der Waals surface area contributed by atoms with Crippen molar-refractivity contribution in [3.8, 4) is 0 Å². The van der Waals surface area contributed by atoms with Crippen molar-refractivity contribution in [3.63, 3.8) is 0 Å². The van der Waals surface area contributed by atoms with E-state index in [1.54, 1.807) is 0 Å². The maximum atomic E-state index is 5.60. The van der Waals surface area contributed by atoms with Crippen molar-refractivity contribution < 1.29 is 0 Å². The molecule has 0 saturated carbocycles. The average molecular weight is 361 g/mol. The summed E-state index contributed by atoms with van der Waals surface area (Å²) in [7, 11) is 0. The molecule has 0 bridgehead atoms. The molecule has 0 aliphatic rings. The predicted octanol–water partition coefficient (Wildman–Crippen LogP) is 5.69. The topological polar surface area (TPSA) is 24.1 Å². The molecule has 0 fully saturated rings. The number of aryl methyl sites for hydroxylation is 3.